The van der Waals surface area contributed by atoms with E-state index in [2.05, 4.69) is 10.6 Å². The number of carbonyl (C=O) groups excluding carboxylic acids is 4. The van der Waals surface area contributed by atoms with E-state index in [1.807, 2.05) is 0 Å². The zero-order valence-corrected chi connectivity index (χ0v) is 18.2. The molecule has 0 bridgehead atoms. The van der Waals surface area contributed by atoms with Gasteiger partial charge in [0.2, 0.25) is 23.6 Å². The van der Waals surface area contributed by atoms with E-state index in [4.69, 9.17) is 17.2 Å². The number of carboxylic acids is 1. The van der Waals surface area contributed by atoms with Crippen molar-refractivity contribution in [1.82, 2.24) is 15.5 Å². The van der Waals surface area contributed by atoms with Gasteiger partial charge in [0.05, 0.1) is 12.5 Å². The van der Waals surface area contributed by atoms with Gasteiger partial charge in [-0.15, -0.1) is 0 Å². The standard InChI is InChI=1S/C19H34N6O7/c1-10(26)15(22)17(29)24-12(9-14(21)27)16(28)23-11(5-2-3-7-20)18(30)25-8-4-6-13(25)19(31)32/h10-13,15,26H,2-9,20,22H2,1H3,(H2,21,27)(H,23,28)(H,24,29)(H,31,32). The number of nitrogens with one attached hydrogen (secondary N) is 2. The molecule has 32 heavy (non-hydrogen) atoms. The smallest absolute Gasteiger partial charge is 0.326 e. The average Bonchev–Trinajstić information content (AvgIpc) is 3.21. The van der Waals surface area contributed by atoms with Crippen molar-refractivity contribution in [2.75, 3.05) is 13.1 Å². The lowest BCUT2D eigenvalue weighted by molar-refractivity contribution is -0.149. The highest BCUT2D eigenvalue weighted by molar-refractivity contribution is 5.96. The molecule has 1 aliphatic heterocycles. The van der Waals surface area contributed by atoms with Gasteiger partial charge in [0.15, 0.2) is 0 Å². The minimum absolute atomic E-state index is 0.190. The van der Waals surface area contributed by atoms with Crippen LogP contribution in [0.4, 0.5) is 0 Å². The van der Waals surface area contributed by atoms with E-state index in [-0.39, 0.29) is 13.0 Å². The molecule has 13 heteroatoms. The van der Waals surface area contributed by atoms with Gasteiger partial charge < -0.3 is 42.9 Å². The zero-order chi connectivity index (χ0) is 24.4. The number of carbonyl (C=O) groups is 5. The molecule has 0 aromatic rings. The molecule has 0 radical (unpaired) electrons. The quantitative estimate of drug-likeness (QED) is 0.137. The summed E-state index contributed by atoms with van der Waals surface area (Å²) in [6, 6.07) is -4.84. The van der Waals surface area contributed by atoms with Gasteiger partial charge in [-0.1, -0.05) is 0 Å². The summed E-state index contributed by atoms with van der Waals surface area (Å²) in [4.78, 5) is 62.1. The lowest BCUT2D eigenvalue weighted by atomic mass is 10.1. The number of aliphatic hydroxyl groups is 1. The molecule has 1 heterocycles. The van der Waals surface area contributed by atoms with Crippen molar-refractivity contribution < 1.29 is 34.2 Å². The fraction of sp³-hybridized carbons (Fsp3) is 0.737. The predicted octanol–water partition coefficient (Wildman–Crippen LogP) is -3.26. The van der Waals surface area contributed by atoms with E-state index in [9.17, 15) is 34.2 Å². The molecule has 0 spiro atoms. The molecule has 1 saturated heterocycles. The molecule has 13 nitrogen and oxygen atoms in total. The Bertz CT molecular complexity index is 702. The summed E-state index contributed by atoms with van der Waals surface area (Å²) in [5.41, 5.74) is 16.2. The number of carboxylic acid groups (broad SMARTS) is 1. The van der Waals surface area contributed by atoms with Crippen LogP contribution in [0.25, 0.3) is 0 Å². The average molecular weight is 459 g/mol. The van der Waals surface area contributed by atoms with Crippen molar-refractivity contribution in [1.29, 1.82) is 0 Å². The first kappa shape index (κ1) is 27.3. The van der Waals surface area contributed by atoms with Gasteiger partial charge in [-0.2, -0.15) is 0 Å². The number of nitrogens with two attached hydrogens (primary N) is 3. The third-order valence-electron chi connectivity index (χ3n) is 5.24. The number of unbranched alkanes of at least 4 members (excludes halogenated alkanes) is 1. The molecule has 182 valence electrons. The van der Waals surface area contributed by atoms with Gasteiger partial charge >= 0.3 is 5.97 Å². The van der Waals surface area contributed by atoms with Crippen molar-refractivity contribution in [3.05, 3.63) is 0 Å². The topological polar surface area (TPSA) is 231 Å². The number of likely N-dealkylation sites (tertiary alicyclic amines) is 1. The number of aliphatic carboxylic acids is 1. The monoisotopic (exact) mass is 458 g/mol. The summed E-state index contributed by atoms with van der Waals surface area (Å²) < 4.78 is 0. The fourth-order valence-corrected chi connectivity index (χ4v) is 3.41. The van der Waals surface area contributed by atoms with Gasteiger partial charge in [0.1, 0.15) is 24.2 Å². The van der Waals surface area contributed by atoms with Crippen LogP contribution in [0.15, 0.2) is 0 Å². The lowest BCUT2D eigenvalue weighted by Gasteiger charge is -2.29. The molecular weight excluding hydrogens is 424 g/mol. The molecule has 5 atom stereocenters. The Morgan fingerprint density at radius 3 is 2.25 bits per heavy atom. The number of aliphatic hydroxyl groups excluding tert-OH is 1. The van der Waals surface area contributed by atoms with Gasteiger partial charge in [-0.05, 0) is 45.6 Å². The SMILES string of the molecule is CC(O)C(N)C(=O)NC(CC(N)=O)C(=O)NC(CCCCN)C(=O)N1CCCC1C(=O)O. The Morgan fingerprint density at radius 2 is 1.72 bits per heavy atom. The Labute approximate surface area is 186 Å². The van der Waals surface area contributed by atoms with Crippen LogP contribution < -0.4 is 27.8 Å². The summed E-state index contributed by atoms with van der Waals surface area (Å²) in [6.07, 6.45) is 0.308. The number of rotatable bonds is 13. The van der Waals surface area contributed by atoms with Crippen LogP contribution in [-0.2, 0) is 24.0 Å². The van der Waals surface area contributed by atoms with Crippen molar-refractivity contribution in [2.45, 2.75) is 75.7 Å². The zero-order valence-electron chi connectivity index (χ0n) is 18.2. The van der Waals surface area contributed by atoms with E-state index < -0.39 is 66.3 Å². The van der Waals surface area contributed by atoms with Gasteiger partial charge in [0.25, 0.3) is 0 Å². The number of primary amides is 1. The van der Waals surface area contributed by atoms with E-state index in [1.165, 1.54) is 11.8 Å². The maximum Gasteiger partial charge on any atom is 0.326 e. The Morgan fingerprint density at radius 1 is 1.09 bits per heavy atom. The third kappa shape index (κ3) is 8.05. The summed E-state index contributed by atoms with van der Waals surface area (Å²) in [5.74, 6) is -4.31. The molecule has 1 rings (SSSR count). The Balaban J connectivity index is 3.01. The highest BCUT2D eigenvalue weighted by Gasteiger charge is 2.38. The van der Waals surface area contributed by atoms with E-state index >= 15 is 0 Å². The molecular formula is C19H34N6O7. The minimum Gasteiger partial charge on any atom is -0.480 e. The Kier molecular flexibility index (Phi) is 11.0. The minimum atomic E-state index is -1.43. The molecule has 0 aromatic heterocycles. The van der Waals surface area contributed by atoms with Crippen LogP contribution in [-0.4, -0.2) is 88.1 Å². The predicted molar refractivity (Wildman–Crippen MR) is 113 cm³/mol. The van der Waals surface area contributed by atoms with Crippen LogP contribution in [0, 0.1) is 0 Å². The molecule has 0 aliphatic carbocycles. The highest BCUT2D eigenvalue weighted by Crippen LogP contribution is 2.20. The molecule has 0 aromatic carbocycles. The van der Waals surface area contributed by atoms with Crippen LogP contribution in [0.5, 0.6) is 0 Å². The molecule has 0 saturated carbocycles. The maximum absolute atomic E-state index is 13.0. The first-order chi connectivity index (χ1) is 15.0. The second kappa shape index (κ2) is 12.9. The van der Waals surface area contributed by atoms with Crippen molar-refractivity contribution in [2.24, 2.45) is 17.2 Å². The Hall–Kier alpha value is -2.77. The van der Waals surface area contributed by atoms with Gasteiger partial charge in [0, 0.05) is 6.54 Å². The first-order valence-corrected chi connectivity index (χ1v) is 10.6. The fourth-order valence-electron chi connectivity index (χ4n) is 3.41. The summed E-state index contributed by atoms with van der Waals surface area (Å²) in [6.45, 7) is 1.89. The van der Waals surface area contributed by atoms with E-state index in [0.29, 0.717) is 32.2 Å². The number of hydrogen-bond acceptors (Lipinski definition) is 8. The van der Waals surface area contributed by atoms with Crippen molar-refractivity contribution in [3.8, 4) is 0 Å². The summed E-state index contributed by atoms with van der Waals surface area (Å²) in [7, 11) is 0. The summed E-state index contributed by atoms with van der Waals surface area (Å²) >= 11 is 0. The molecule has 10 N–H and O–H groups in total. The maximum atomic E-state index is 13.0. The van der Waals surface area contributed by atoms with Crippen LogP contribution >= 0.6 is 0 Å². The highest BCUT2D eigenvalue weighted by atomic mass is 16.4. The normalized spacial score (nSPS) is 19.5. The molecule has 4 amide bonds. The van der Waals surface area contributed by atoms with Gasteiger partial charge in [-0.3, -0.25) is 19.2 Å². The molecule has 1 aliphatic rings. The van der Waals surface area contributed by atoms with E-state index in [0.717, 1.165) is 0 Å². The van der Waals surface area contributed by atoms with Crippen LogP contribution in [0.2, 0.25) is 0 Å². The van der Waals surface area contributed by atoms with E-state index in [1.54, 1.807) is 0 Å². The van der Waals surface area contributed by atoms with Crippen molar-refractivity contribution >= 4 is 29.6 Å². The third-order valence-corrected chi connectivity index (χ3v) is 5.24. The number of nitrogens with zero attached hydrogens (tertiary/aromatic N) is 1. The molecule has 5 unspecified atom stereocenters. The first-order valence-electron chi connectivity index (χ1n) is 10.6. The van der Waals surface area contributed by atoms with Gasteiger partial charge in [-0.25, -0.2) is 4.79 Å². The summed E-state index contributed by atoms with van der Waals surface area (Å²) in [5, 5.41) is 23.6. The number of hydrogen-bond donors (Lipinski definition) is 7. The second-order valence-corrected chi connectivity index (χ2v) is 7.87. The molecule has 1 fully saturated rings. The number of amides is 4. The van der Waals surface area contributed by atoms with Crippen LogP contribution in [0.3, 0.4) is 0 Å². The van der Waals surface area contributed by atoms with Crippen molar-refractivity contribution in [3.63, 3.8) is 0 Å². The second-order valence-electron chi connectivity index (χ2n) is 7.87. The van der Waals surface area contributed by atoms with Crippen LogP contribution in [0.1, 0.15) is 45.4 Å². The lowest BCUT2D eigenvalue weighted by Crippen LogP contribution is -2.58. The largest absolute Gasteiger partial charge is 0.480 e.